The molecule has 5 nitrogen and oxygen atoms in total. The van der Waals surface area contributed by atoms with E-state index in [1.807, 2.05) is 25.1 Å². The molecule has 1 aliphatic rings. The number of aryl methyl sites for hydroxylation is 2. The molecule has 0 saturated carbocycles. The Morgan fingerprint density at radius 2 is 1.96 bits per heavy atom. The van der Waals surface area contributed by atoms with Crippen LogP contribution in [0.1, 0.15) is 54.5 Å². The molecule has 0 aliphatic heterocycles. The second kappa shape index (κ2) is 9.70. The lowest BCUT2D eigenvalue weighted by Gasteiger charge is -2.21. The molecule has 0 radical (unpaired) electrons. The maximum Gasteiger partial charge on any atom is 0.263 e. The Bertz CT molecular complexity index is 883. The smallest absolute Gasteiger partial charge is 0.263 e. The molecule has 0 spiro atoms. The summed E-state index contributed by atoms with van der Waals surface area (Å²) in [4.78, 5) is 16.6. The minimum Gasteiger partial charge on any atom is -0.386 e. The summed E-state index contributed by atoms with van der Waals surface area (Å²) in [6.07, 6.45) is 10.4. The summed E-state index contributed by atoms with van der Waals surface area (Å²) in [5.41, 5.74) is 5.04. The summed E-state index contributed by atoms with van der Waals surface area (Å²) in [6, 6.07) is 12.2. The number of amides is 1. The second-order valence-corrected chi connectivity index (χ2v) is 7.08. The Hall–Kier alpha value is -3.13. The SMILES string of the molecule is CCC(NC(=O)/C(C#N)=C\NCc1ccncc1)c1ccc2c(c1)CCCC2. The molecular weight excluding hydrogens is 348 g/mol. The van der Waals surface area contributed by atoms with Gasteiger partial charge in [-0.1, -0.05) is 25.1 Å². The van der Waals surface area contributed by atoms with Crippen LogP contribution < -0.4 is 10.6 Å². The van der Waals surface area contributed by atoms with E-state index in [0.29, 0.717) is 6.54 Å². The fourth-order valence-electron chi connectivity index (χ4n) is 3.55. The van der Waals surface area contributed by atoms with Crippen molar-refractivity contribution >= 4 is 5.91 Å². The molecule has 1 unspecified atom stereocenters. The van der Waals surface area contributed by atoms with Crippen molar-refractivity contribution in [1.29, 1.82) is 5.26 Å². The maximum absolute atomic E-state index is 12.6. The number of carbonyl (C=O) groups excluding carboxylic acids is 1. The zero-order valence-electron chi connectivity index (χ0n) is 16.2. The highest BCUT2D eigenvalue weighted by Gasteiger charge is 2.18. The first-order valence-corrected chi connectivity index (χ1v) is 9.86. The van der Waals surface area contributed by atoms with Gasteiger partial charge in [0.1, 0.15) is 11.6 Å². The fourth-order valence-corrected chi connectivity index (χ4v) is 3.55. The van der Waals surface area contributed by atoms with E-state index in [1.54, 1.807) is 12.4 Å². The van der Waals surface area contributed by atoms with Gasteiger partial charge in [-0.25, -0.2) is 0 Å². The monoisotopic (exact) mass is 374 g/mol. The average molecular weight is 374 g/mol. The Labute approximate surface area is 166 Å². The van der Waals surface area contributed by atoms with Gasteiger partial charge in [-0.2, -0.15) is 5.26 Å². The largest absolute Gasteiger partial charge is 0.386 e. The number of carbonyl (C=O) groups is 1. The van der Waals surface area contributed by atoms with Crippen LogP contribution in [0.25, 0.3) is 0 Å². The Balaban J connectivity index is 1.65. The van der Waals surface area contributed by atoms with E-state index < -0.39 is 0 Å². The lowest BCUT2D eigenvalue weighted by atomic mass is 9.88. The van der Waals surface area contributed by atoms with E-state index in [-0.39, 0.29) is 17.5 Å². The lowest BCUT2D eigenvalue weighted by Crippen LogP contribution is -2.30. The van der Waals surface area contributed by atoms with Crippen molar-refractivity contribution < 1.29 is 4.79 Å². The average Bonchev–Trinajstić information content (AvgIpc) is 2.75. The van der Waals surface area contributed by atoms with Crippen molar-refractivity contribution in [2.75, 3.05) is 0 Å². The van der Waals surface area contributed by atoms with Gasteiger partial charge in [0.05, 0.1) is 6.04 Å². The number of rotatable bonds is 7. The molecule has 1 amide bonds. The van der Waals surface area contributed by atoms with Gasteiger partial charge in [0, 0.05) is 25.1 Å². The zero-order chi connectivity index (χ0) is 19.8. The topological polar surface area (TPSA) is 77.8 Å². The van der Waals surface area contributed by atoms with Crippen LogP contribution in [0.5, 0.6) is 0 Å². The molecule has 1 aromatic carbocycles. The molecule has 0 bridgehead atoms. The third-order valence-corrected chi connectivity index (χ3v) is 5.16. The number of pyridine rings is 1. The van der Waals surface area contributed by atoms with Gasteiger partial charge in [-0.3, -0.25) is 9.78 Å². The summed E-state index contributed by atoms with van der Waals surface area (Å²) in [5, 5.41) is 15.4. The number of nitrogens with zero attached hydrogens (tertiary/aromatic N) is 2. The van der Waals surface area contributed by atoms with Crippen molar-refractivity contribution in [2.45, 2.75) is 51.6 Å². The van der Waals surface area contributed by atoms with E-state index in [4.69, 9.17) is 0 Å². The normalized spacial score (nSPS) is 14.5. The summed E-state index contributed by atoms with van der Waals surface area (Å²) in [7, 11) is 0. The number of aromatic nitrogens is 1. The van der Waals surface area contributed by atoms with Crippen LogP contribution in [-0.4, -0.2) is 10.9 Å². The molecule has 28 heavy (non-hydrogen) atoms. The zero-order valence-corrected chi connectivity index (χ0v) is 16.2. The minimum absolute atomic E-state index is 0.0745. The highest BCUT2D eigenvalue weighted by atomic mass is 16.1. The quantitative estimate of drug-likeness (QED) is 0.572. The second-order valence-electron chi connectivity index (χ2n) is 7.08. The van der Waals surface area contributed by atoms with Crippen LogP contribution >= 0.6 is 0 Å². The highest BCUT2D eigenvalue weighted by Crippen LogP contribution is 2.26. The molecule has 2 N–H and O–H groups in total. The number of hydrogen-bond donors (Lipinski definition) is 2. The molecule has 1 aliphatic carbocycles. The van der Waals surface area contributed by atoms with Crippen molar-refractivity contribution in [2.24, 2.45) is 0 Å². The number of fused-ring (bicyclic) bond motifs is 1. The Kier molecular flexibility index (Phi) is 6.80. The standard InChI is InChI=1S/C23H26N4O/c1-2-22(20-8-7-18-5-3-4-6-19(18)13-20)27-23(28)21(14-24)16-26-15-17-9-11-25-12-10-17/h7-13,16,22,26H,2-6,15H2,1H3,(H,27,28)/b21-16-. The molecule has 1 atom stereocenters. The first kappa shape index (κ1) is 19.6. The first-order chi connectivity index (χ1) is 13.7. The van der Waals surface area contributed by atoms with Crippen LogP contribution in [-0.2, 0) is 24.2 Å². The van der Waals surface area contributed by atoms with E-state index >= 15 is 0 Å². The molecule has 3 rings (SSSR count). The van der Waals surface area contributed by atoms with Crippen LogP contribution in [0.4, 0.5) is 0 Å². The van der Waals surface area contributed by atoms with Gasteiger partial charge in [0.15, 0.2) is 0 Å². The van der Waals surface area contributed by atoms with Crippen LogP contribution in [0.2, 0.25) is 0 Å². The lowest BCUT2D eigenvalue weighted by molar-refractivity contribution is -0.117. The van der Waals surface area contributed by atoms with Gasteiger partial charge in [-0.05, 0) is 66.5 Å². The number of benzene rings is 1. The highest BCUT2D eigenvalue weighted by molar-refractivity contribution is 5.97. The fraction of sp³-hybridized carbons (Fsp3) is 0.348. The van der Waals surface area contributed by atoms with Gasteiger partial charge in [0.2, 0.25) is 0 Å². The summed E-state index contributed by atoms with van der Waals surface area (Å²) in [6.45, 7) is 2.57. The molecule has 1 aromatic heterocycles. The van der Waals surface area contributed by atoms with E-state index in [0.717, 1.165) is 30.4 Å². The Morgan fingerprint density at radius 3 is 2.68 bits per heavy atom. The third-order valence-electron chi connectivity index (χ3n) is 5.16. The summed E-state index contributed by atoms with van der Waals surface area (Å²) >= 11 is 0. The van der Waals surface area contributed by atoms with Crippen LogP contribution in [0, 0.1) is 11.3 Å². The molecule has 0 saturated heterocycles. The van der Waals surface area contributed by atoms with Crippen molar-refractivity contribution in [3.63, 3.8) is 0 Å². The summed E-state index contributed by atoms with van der Waals surface area (Å²) < 4.78 is 0. The number of nitriles is 1. The number of nitrogens with one attached hydrogen (secondary N) is 2. The van der Waals surface area contributed by atoms with Crippen LogP contribution in [0.15, 0.2) is 54.5 Å². The van der Waals surface area contributed by atoms with Crippen molar-refractivity contribution in [3.8, 4) is 6.07 Å². The van der Waals surface area contributed by atoms with E-state index in [1.165, 1.54) is 30.2 Å². The maximum atomic E-state index is 12.6. The van der Waals surface area contributed by atoms with Crippen LogP contribution in [0.3, 0.4) is 0 Å². The first-order valence-electron chi connectivity index (χ1n) is 9.86. The van der Waals surface area contributed by atoms with Crippen molar-refractivity contribution in [1.82, 2.24) is 15.6 Å². The molecule has 1 heterocycles. The van der Waals surface area contributed by atoms with Gasteiger partial charge >= 0.3 is 0 Å². The van der Waals surface area contributed by atoms with E-state index in [2.05, 4.69) is 33.8 Å². The summed E-state index contributed by atoms with van der Waals surface area (Å²) in [5.74, 6) is -0.353. The molecule has 144 valence electrons. The molecule has 5 heteroatoms. The molecular formula is C23H26N4O. The molecule has 0 fully saturated rings. The number of hydrogen-bond acceptors (Lipinski definition) is 4. The third kappa shape index (κ3) is 4.98. The Morgan fingerprint density at radius 1 is 1.21 bits per heavy atom. The predicted octanol–water partition coefficient (Wildman–Crippen LogP) is 3.72. The molecule has 2 aromatic rings. The minimum atomic E-state index is -0.353. The van der Waals surface area contributed by atoms with Gasteiger partial charge in [-0.15, -0.1) is 0 Å². The predicted molar refractivity (Wildman–Crippen MR) is 109 cm³/mol. The van der Waals surface area contributed by atoms with Gasteiger partial charge in [0.25, 0.3) is 5.91 Å². The van der Waals surface area contributed by atoms with E-state index in [9.17, 15) is 10.1 Å². The van der Waals surface area contributed by atoms with Gasteiger partial charge < -0.3 is 10.6 Å². The van der Waals surface area contributed by atoms with Crippen molar-refractivity contribution in [3.05, 3.63) is 76.8 Å².